The van der Waals surface area contributed by atoms with Crippen LogP contribution in [0.2, 0.25) is 5.02 Å². The highest BCUT2D eigenvalue weighted by Gasteiger charge is 2.63. The molecular weight excluding hydrogens is 802 g/mol. The Balaban J connectivity index is 0.963. The van der Waals surface area contributed by atoms with E-state index in [9.17, 15) is 19.5 Å². The van der Waals surface area contributed by atoms with Crippen LogP contribution in [0, 0.1) is 70.0 Å². The highest BCUT2D eigenvalue weighted by atomic mass is 35.5. The number of aldehydes is 1. The number of aliphatic hydroxyl groups is 1. The summed E-state index contributed by atoms with van der Waals surface area (Å²) in [5.41, 5.74) is 5.39. The zero-order chi connectivity index (χ0) is 45.4. The predicted octanol–water partition coefficient (Wildman–Crippen LogP) is 10.9. The molecule has 0 bridgehead atoms. The van der Waals surface area contributed by atoms with Gasteiger partial charge in [0.25, 0.3) is 5.91 Å². The fourth-order valence-corrected chi connectivity index (χ4v) is 15.9. The molecule has 1 aromatic rings. The molecule has 7 aliphatic rings. The van der Waals surface area contributed by atoms with Gasteiger partial charge < -0.3 is 25.4 Å². The molecular formula is C55H80ClN3O4. The Morgan fingerprint density at radius 1 is 1.05 bits per heavy atom. The summed E-state index contributed by atoms with van der Waals surface area (Å²) in [4.78, 5) is 42.2. The van der Waals surface area contributed by atoms with E-state index in [0.717, 1.165) is 87.6 Å². The number of rotatable bonds is 14. The number of β-amino-alcohol motifs (C(OH)–C–C–N with tert-alkyl or cyclic N) is 1. The molecule has 12 atom stereocenters. The largest absolute Gasteiger partial charge is 0.392 e. The number of likely N-dealkylation sites (tertiary alicyclic amines) is 1. The Kier molecular flexibility index (Phi) is 13.0. The SMILES string of the molecule is C=C(CC1CCC2(C)C3CCC4C5=C(C(C)C)C(=O)CC5(NC(=C)C(C)(C)NC(=O)c5ccc(Cl)cc5CCCN5CCC(O)C5)CCC4C3CCC2C1(C)C)C1CC(C=O)C1C. The van der Waals surface area contributed by atoms with Crippen LogP contribution < -0.4 is 10.6 Å². The van der Waals surface area contributed by atoms with Crippen molar-refractivity contribution in [3.8, 4) is 0 Å². The lowest BCUT2D eigenvalue weighted by atomic mass is 9.39. The van der Waals surface area contributed by atoms with Crippen molar-refractivity contribution in [3.05, 3.63) is 69.9 Å². The Bertz CT molecular complexity index is 2020. The van der Waals surface area contributed by atoms with E-state index in [1.165, 1.54) is 43.3 Å². The van der Waals surface area contributed by atoms with Gasteiger partial charge >= 0.3 is 0 Å². The molecule has 0 radical (unpaired) electrons. The molecule has 1 aliphatic heterocycles. The Labute approximate surface area is 385 Å². The number of amides is 1. The standard InChI is InChI=1S/C55H80ClN3O4/c1-32(2)49-47(62)29-55(57-35(5)53(8,9)58-51(63)41-14-13-39(56)27-36(41)12-11-24-59-25-21-40(61)30-59)23-20-42-43-16-18-48-52(6,7)38(26-33(3)45-28-37(31-60)34(45)4)19-22-54(48,10)46(43)17-15-44(42)50(49)55/h13-14,27,31-32,34,37-38,40,42-46,48,57,61H,3,5,11-12,15-26,28-30H2,1-2,4,6-10H3,(H,58,63). The molecule has 8 heteroatoms. The molecule has 63 heavy (non-hydrogen) atoms. The van der Waals surface area contributed by atoms with E-state index in [-0.39, 0.29) is 35.0 Å². The van der Waals surface area contributed by atoms with Crippen LogP contribution in [0.15, 0.2) is 53.8 Å². The van der Waals surface area contributed by atoms with Crippen molar-refractivity contribution in [2.45, 2.75) is 162 Å². The number of nitrogens with zero attached hydrogens (tertiary/aromatic N) is 1. The first-order valence-corrected chi connectivity index (χ1v) is 25.5. The smallest absolute Gasteiger partial charge is 0.252 e. The lowest BCUT2D eigenvalue weighted by Gasteiger charge is -2.65. The Morgan fingerprint density at radius 2 is 1.81 bits per heavy atom. The summed E-state index contributed by atoms with van der Waals surface area (Å²) in [6.07, 6.45) is 15.4. The van der Waals surface area contributed by atoms with Gasteiger partial charge in [-0.05, 0) is 203 Å². The van der Waals surface area contributed by atoms with Crippen LogP contribution in [0.5, 0.6) is 0 Å². The minimum atomic E-state index is -0.795. The van der Waals surface area contributed by atoms with Crippen LogP contribution in [0.25, 0.3) is 0 Å². The molecule has 3 N–H and O–H groups in total. The molecule has 7 nitrogen and oxygen atoms in total. The first-order chi connectivity index (χ1) is 29.7. The molecule has 12 unspecified atom stereocenters. The van der Waals surface area contributed by atoms with Gasteiger partial charge in [-0.15, -0.1) is 0 Å². The number of aliphatic hydroxyl groups excluding tert-OH is 1. The molecule has 6 fully saturated rings. The summed E-state index contributed by atoms with van der Waals surface area (Å²) in [6, 6.07) is 5.54. The zero-order valence-corrected chi connectivity index (χ0v) is 40.8. The van der Waals surface area contributed by atoms with Gasteiger partial charge in [0.15, 0.2) is 5.78 Å². The van der Waals surface area contributed by atoms with Crippen LogP contribution in [-0.4, -0.2) is 64.8 Å². The molecule has 8 rings (SSSR count). The third-order valence-electron chi connectivity index (χ3n) is 19.3. The summed E-state index contributed by atoms with van der Waals surface area (Å²) >= 11 is 6.47. The number of allylic oxidation sites excluding steroid dienone is 2. The number of nitrogens with one attached hydrogen (secondary N) is 2. The lowest BCUT2D eigenvalue weighted by molar-refractivity contribution is -0.153. The number of benzene rings is 1. The van der Waals surface area contributed by atoms with Gasteiger partial charge in [-0.25, -0.2) is 0 Å². The van der Waals surface area contributed by atoms with E-state index in [2.05, 4.69) is 70.2 Å². The monoisotopic (exact) mass is 882 g/mol. The number of hydrogen-bond donors (Lipinski definition) is 3. The maximum absolute atomic E-state index is 14.3. The van der Waals surface area contributed by atoms with Gasteiger partial charge in [-0.3, -0.25) is 9.59 Å². The highest BCUT2D eigenvalue weighted by Crippen LogP contribution is 2.69. The van der Waals surface area contributed by atoms with E-state index >= 15 is 0 Å². The van der Waals surface area contributed by atoms with Crippen molar-refractivity contribution in [3.63, 3.8) is 0 Å². The molecule has 346 valence electrons. The van der Waals surface area contributed by atoms with Gasteiger partial charge in [-0.1, -0.05) is 71.9 Å². The van der Waals surface area contributed by atoms with Crippen molar-refractivity contribution >= 4 is 29.6 Å². The van der Waals surface area contributed by atoms with Gasteiger partial charge in [0, 0.05) is 41.7 Å². The first kappa shape index (κ1) is 46.8. The van der Waals surface area contributed by atoms with Gasteiger partial charge in [0.2, 0.25) is 0 Å². The maximum atomic E-state index is 14.3. The average molecular weight is 883 g/mol. The number of hydrogen-bond acceptors (Lipinski definition) is 6. The summed E-state index contributed by atoms with van der Waals surface area (Å²) in [7, 11) is 0. The number of aryl methyl sites for hydroxylation is 1. The van der Waals surface area contributed by atoms with Crippen LogP contribution >= 0.6 is 11.6 Å². The molecule has 5 saturated carbocycles. The van der Waals surface area contributed by atoms with Crippen LogP contribution in [0.1, 0.15) is 155 Å². The second-order valence-corrected chi connectivity index (χ2v) is 24.1. The number of carbonyl (C=O) groups is 3. The third kappa shape index (κ3) is 8.38. The Morgan fingerprint density at radius 3 is 2.49 bits per heavy atom. The fraction of sp³-hybridized carbons (Fsp3) is 0.727. The number of halogens is 1. The van der Waals surface area contributed by atoms with E-state index in [1.54, 1.807) is 6.07 Å². The molecule has 1 heterocycles. The quantitative estimate of drug-likeness (QED) is 0.127. The molecule has 1 aromatic carbocycles. The van der Waals surface area contributed by atoms with Crippen molar-refractivity contribution in [1.82, 2.24) is 15.5 Å². The van der Waals surface area contributed by atoms with Crippen LogP contribution in [0.4, 0.5) is 0 Å². The van der Waals surface area contributed by atoms with E-state index in [4.69, 9.17) is 11.6 Å². The first-order valence-electron chi connectivity index (χ1n) is 25.1. The minimum absolute atomic E-state index is 0.152. The Hall–Kier alpha value is -2.74. The van der Waals surface area contributed by atoms with E-state index in [0.29, 0.717) is 76.3 Å². The van der Waals surface area contributed by atoms with Gasteiger partial charge in [-0.2, -0.15) is 0 Å². The van der Waals surface area contributed by atoms with Gasteiger partial charge in [0.1, 0.15) is 6.29 Å². The average Bonchev–Trinajstić information content (AvgIpc) is 3.77. The van der Waals surface area contributed by atoms with Crippen molar-refractivity contribution in [2.24, 2.45) is 70.0 Å². The minimum Gasteiger partial charge on any atom is -0.392 e. The van der Waals surface area contributed by atoms with Crippen molar-refractivity contribution in [2.75, 3.05) is 19.6 Å². The third-order valence-corrected chi connectivity index (χ3v) is 19.5. The second-order valence-electron chi connectivity index (χ2n) is 23.7. The van der Waals surface area contributed by atoms with Gasteiger partial charge in [0.05, 0.1) is 17.2 Å². The summed E-state index contributed by atoms with van der Waals surface area (Å²) in [6.45, 7) is 30.3. The number of carbonyl (C=O) groups excluding carboxylic acids is 3. The fourth-order valence-electron chi connectivity index (χ4n) is 15.7. The van der Waals surface area contributed by atoms with Crippen LogP contribution in [0.3, 0.4) is 0 Å². The van der Waals surface area contributed by atoms with Crippen LogP contribution in [-0.2, 0) is 16.0 Å². The van der Waals surface area contributed by atoms with E-state index < -0.39 is 11.1 Å². The number of Topliss-reactive ketones (excluding diaryl/α,β-unsaturated/α-hetero) is 1. The number of fused-ring (bicyclic) bond motifs is 7. The van der Waals surface area contributed by atoms with Crippen molar-refractivity contribution < 1.29 is 19.5 Å². The zero-order valence-electron chi connectivity index (χ0n) is 40.1. The molecule has 6 aliphatic carbocycles. The predicted molar refractivity (Wildman–Crippen MR) is 255 cm³/mol. The summed E-state index contributed by atoms with van der Waals surface area (Å²) < 4.78 is 0. The highest BCUT2D eigenvalue weighted by molar-refractivity contribution is 6.30. The molecule has 0 spiro atoms. The normalized spacial score (nSPS) is 37.3. The summed E-state index contributed by atoms with van der Waals surface area (Å²) in [5, 5.41) is 17.9. The summed E-state index contributed by atoms with van der Waals surface area (Å²) in [5.74, 6) is 5.09. The van der Waals surface area contributed by atoms with Crippen molar-refractivity contribution in [1.29, 1.82) is 0 Å². The lowest BCUT2D eigenvalue weighted by Crippen LogP contribution is -2.60. The topological polar surface area (TPSA) is 98.7 Å². The van der Waals surface area contributed by atoms with E-state index in [1.807, 2.05) is 26.0 Å². The molecule has 1 saturated heterocycles. The molecule has 0 aromatic heterocycles. The maximum Gasteiger partial charge on any atom is 0.252 e. The number of ketones is 1. The molecule has 1 amide bonds. The second kappa shape index (κ2) is 17.5.